The quantitative estimate of drug-likeness (QED) is 0.152. The van der Waals surface area contributed by atoms with Crippen molar-refractivity contribution in [3.05, 3.63) is 270 Å². The number of nitrogens with zero attached hydrogens (tertiary/aromatic N) is 1. The minimum atomic E-state index is -0.691. The summed E-state index contributed by atoms with van der Waals surface area (Å²) in [5.41, 5.74) is 19.2. The van der Waals surface area contributed by atoms with Gasteiger partial charge in [-0.2, -0.15) is 0 Å². The van der Waals surface area contributed by atoms with Crippen molar-refractivity contribution < 1.29 is 4.42 Å². The number of furan rings is 1. The fourth-order valence-corrected chi connectivity index (χ4v) is 10.9. The molecule has 0 amide bonds. The van der Waals surface area contributed by atoms with Crippen LogP contribution in [0.15, 0.2) is 241 Å². The number of hydrogen-bond acceptors (Lipinski definition) is 2. The third-order valence-electron chi connectivity index (χ3n) is 13.8. The van der Waals surface area contributed by atoms with Crippen LogP contribution in [0.5, 0.6) is 0 Å². The van der Waals surface area contributed by atoms with Crippen molar-refractivity contribution in [3.63, 3.8) is 0 Å². The number of para-hydroxylation sites is 1. The van der Waals surface area contributed by atoms with Crippen LogP contribution in [0.2, 0.25) is 0 Å². The summed E-state index contributed by atoms with van der Waals surface area (Å²) in [5.74, 6) is 1.75. The first-order valence-corrected chi connectivity index (χ1v) is 22.3. The first-order chi connectivity index (χ1) is 31.5. The molecule has 2 aliphatic rings. The molecule has 9 aromatic carbocycles. The zero-order chi connectivity index (χ0) is 42.8. The molecule has 0 saturated heterocycles. The molecule has 2 heteroatoms. The van der Waals surface area contributed by atoms with Gasteiger partial charge in [0, 0.05) is 44.6 Å². The fourth-order valence-electron chi connectivity index (χ4n) is 10.9. The highest BCUT2D eigenvalue weighted by molar-refractivity contribution is 6.00. The van der Waals surface area contributed by atoms with E-state index in [-0.39, 0.29) is 5.41 Å². The molecule has 304 valence electrons. The Balaban J connectivity index is 1.19. The van der Waals surface area contributed by atoms with E-state index in [2.05, 4.69) is 255 Å². The molecule has 1 aromatic heterocycles. The van der Waals surface area contributed by atoms with Gasteiger partial charge in [-0.15, -0.1) is 0 Å². The molecule has 10 aromatic rings. The number of rotatable bonds is 8. The van der Waals surface area contributed by atoms with E-state index in [0.717, 1.165) is 62.0 Å². The average molecular weight is 820 g/mol. The summed E-state index contributed by atoms with van der Waals surface area (Å²) in [6, 6.07) is 86.2. The van der Waals surface area contributed by atoms with E-state index in [0.29, 0.717) is 0 Å². The van der Waals surface area contributed by atoms with Gasteiger partial charge in [0.25, 0.3) is 0 Å². The molecule has 0 unspecified atom stereocenters. The van der Waals surface area contributed by atoms with E-state index >= 15 is 0 Å². The first-order valence-electron chi connectivity index (χ1n) is 22.3. The van der Waals surface area contributed by atoms with Crippen LogP contribution in [0, 0.1) is 0 Å². The van der Waals surface area contributed by atoms with Gasteiger partial charge in [-0.1, -0.05) is 220 Å². The van der Waals surface area contributed by atoms with Crippen molar-refractivity contribution in [2.45, 2.75) is 24.7 Å². The molecular weight excluding hydrogens is 775 g/mol. The summed E-state index contributed by atoms with van der Waals surface area (Å²) in [6.07, 6.45) is 0. The van der Waals surface area contributed by atoms with Gasteiger partial charge >= 0.3 is 0 Å². The van der Waals surface area contributed by atoms with Crippen LogP contribution in [0.25, 0.3) is 56.0 Å². The molecule has 0 radical (unpaired) electrons. The maximum absolute atomic E-state index is 7.35. The predicted octanol–water partition coefficient (Wildman–Crippen LogP) is 16.4. The number of hydrogen-bond donors (Lipinski definition) is 0. The number of fused-ring (bicyclic) bond motifs is 6. The van der Waals surface area contributed by atoms with Gasteiger partial charge < -0.3 is 9.32 Å². The lowest BCUT2D eigenvalue weighted by Gasteiger charge is -2.34. The van der Waals surface area contributed by atoms with Crippen LogP contribution in [-0.4, -0.2) is 0 Å². The third kappa shape index (κ3) is 5.65. The summed E-state index contributed by atoms with van der Waals surface area (Å²) < 4.78 is 7.35. The topological polar surface area (TPSA) is 16.4 Å². The van der Waals surface area contributed by atoms with Crippen molar-refractivity contribution >= 4 is 17.1 Å². The average Bonchev–Trinajstić information content (AvgIpc) is 3.98. The van der Waals surface area contributed by atoms with Gasteiger partial charge in [-0.25, -0.2) is 0 Å². The molecule has 64 heavy (non-hydrogen) atoms. The molecule has 0 bridgehead atoms. The zero-order valence-electron chi connectivity index (χ0n) is 35.9. The molecule has 0 fully saturated rings. The van der Waals surface area contributed by atoms with E-state index < -0.39 is 5.41 Å². The number of benzene rings is 9. The SMILES string of the molecule is CC1(C)c2ccccc2-c2cc(N(c3ccc4c(c3)-c3c(-c5ccccc5)oc(-c5ccccc5)c3C4(c3ccccc3)c3ccccc3)c3ccccc3-c3ccccc3)ccc21. The molecule has 0 spiro atoms. The lowest BCUT2D eigenvalue weighted by molar-refractivity contribution is 0.587. The van der Waals surface area contributed by atoms with Crippen LogP contribution in [0.4, 0.5) is 17.1 Å². The lowest BCUT2D eigenvalue weighted by Crippen LogP contribution is -2.29. The van der Waals surface area contributed by atoms with Crippen molar-refractivity contribution in [1.29, 1.82) is 0 Å². The minimum absolute atomic E-state index is 0.106. The second-order valence-electron chi connectivity index (χ2n) is 17.6. The van der Waals surface area contributed by atoms with Crippen LogP contribution < -0.4 is 4.90 Å². The van der Waals surface area contributed by atoms with Crippen molar-refractivity contribution in [3.8, 4) is 56.0 Å². The van der Waals surface area contributed by atoms with Crippen molar-refractivity contribution in [2.24, 2.45) is 0 Å². The van der Waals surface area contributed by atoms with Gasteiger partial charge in [0.15, 0.2) is 0 Å². The maximum atomic E-state index is 7.35. The second kappa shape index (κ2) is 14.9. The van der Waals surface area contributed by atoms with Crippen LogP contribution >= 0.6 is 0 Å². The standard InChI is InChI=1S/C62H45NO/c1-61(2)53-34-20-18-33-50(53)51-40-47(36-38-54(51)61)63(56-35-21-19-32-49(56)42-22-8-3-9-23-42)48-37-39-55-52(41-48)57-58(62(55,45-28-14-6-15-29-45)46-30-16-7-17-31-46)60(44-26-12-5-13-27-44)64-59(57)43-24-10-4-11-25-43/h3-41H,1-2H3. The van der Waals surface area contributed by atoms with Crippen LogP contribution in [-0.2, 0) is 10.8 Å². The summed E-state index contributed by atoms with van der Waals surface area (Å²) in [7, 11) is 0. The molecule has 0 N–H and O–H groups in total. The van der Waals surface area contributed by atoms with E-state index in [1.807, 2.05) is 0 Å². The first kappa shape index (κ1) is 37.8. The van der Waals surface area contributed by atoms with Gasteiger partial charge in [0.05, 0.1) is 11.1 Å². The van der Waals surface area contributed by atoms with E-state index in [1.165, 1.54) is 44.5 Å². The molecule has 2 aliphatic carbocycles. The smallest absolute Gasteiger partial charge is 0.142 e. The van der Waals surface area contributed by atoms with Crippen molar-refractivity contribution in [2.75, 3.05) is 4.90 Å². The maximum Gasteiger partial charge on any atom is 0.142 e. The van der Waals surface area contributed by atoms with Gasteiger partial charge in [0.1, 0.15) is 11.5 Å². The molecule has 0 atom stereocenters. The second-order valence-corrected chi connectivity index (χ2v) is 17.6. The lowest BCUT2D eigenvalue weighted by atomic mass is 9.67. The Bertz CT molecular complexity index is 3290. The predicted molar refractivity (Wildman–Crippen MR) is 265 cm³/mol. The Labute approximate surface area is 375 Å². The summed E-state index contributed by atoms with van der Waals surface area (Å²) >= 11 is 0. The Kier molecular flexibility index (Phi) is 8.77. The summed E-state index contributed by atoms with van der Waals surface area (Å²) in [4.78, 5) is 2.47. The highest BCUT2D eigenvalue weighted by Gasteiger charge is 2.51. The summed E-state index contributed by atoms with van der Waals surface area (Å²) in [6.45, 7) is 4.70. The largest absolute Gasteiger partial charge is 0.455 e. The van der Waals surface area contributed by atoms with Gasteiger partial charge in [0.2, 0.25) is 0 Å². The van der Waals surface area contributed by atoms with Crippen LogP contribution in [0.1, 0.15) is 47.2 Å². The van der Waals surface area contributed by atoms with E-state index in [1.54, 1.807) is 0 Å². The highest BCUT2D eigenvalue weighted by atomic mass is 16.3. The zero-order valence-corrected chi connectivity index (χ0v) is 35.9. The Morgan fingerprint density at radius 1 is 0.359 bits per heavy atom. The van der Waals surface area contributed by atoms with Crippen LogP contribution in [0.3, 0.4) is 0 Å². The Hall–Kier alpha value is -7.94. The molecular formula is C62H45NO. The molecule has 0 aliphatic heterocycles. The van der Waals surface area contributed by atoms with E-state index in [4.69, 9.17) is 4.42 Å². The van der Waals surface area contributed by atoms with E-state index in [9.17, 15) is 0 Å². The van der Waals surface area contributed by atoms with Gasteiger partial charge in [-0.3, -0.25) is 0 Å². The molecule has 2 nitrogen and oxygen atoms in total. The highest BCUT2D eigenvalue weighted by Crippen LogP contribution is 2.63. The molecule has 12 rings (SSSR count). The van der Waals surface area contributed by atoms with Crippen molar-refractivity contribution in [1.82, 2.24) is 0 Å². The third-order valence-corrected chi connectivity index (χ3v) is 13.8. The summed E-state index contributed by atoms with van der Waals surface area (Å²) in [5, 5.41) is 0. The fraction of sp³-hybridized carbons (Fsp3) is 0.0645. The molecule has 1 heterocycles. The molecule has 0 saturated carbocycles. The Morgan fingerprint density at radius 2 is 0.812 bits per heavy atom. The monoisotopic (exact) mass is 819 g/mol. The normalized spacial score (nSPS) is 13.7. The number of anilines is 3. The van der Waals surface area contributed by atoms with Gasteiger partial charge in [-0.05, 0) is 80.4 Å². The Morgan fingerprint density at radius 3 is 1.42 bits per heavy atom. The minimum Gasteiger partial charge on any atom is -0.455 e.